The van der Waals surface area contributed by atoms with Crippen LogP contribution in [-0.2, 0) is 22.4 Å². The number of rotatable bonds is 3. The quantitative estimate of drug-likeness (QED) is 0.723. The smallest absolute Gasteiger partial charge is 0.227 e. The summed E-state index contributed by atoms with van der Waals surface area (Å²) >= 11 is 0. The maximum Gasteiger partial charge on any atom is 0.227 e. The molecule has 0 N–H and O–H groups in total. The van der Waals surface area contributed by atoms with Crippen molar-refractivity contribution in [3.05, 3.63) is 29.3 Å². The van der Waals surface area contributed by atoms with Crippen molar-refractivity contribution >= 4 is 17.9 Å². The number of hydrogen-bond acceptors (Lipinski definition) is 2. The Balaban J connectivity index is 2.26. The van der Waals surface area contributed by atoms with E-state index in [1.54, 1.807) is 4.90 Å². The Morgan fingerprint density at radius 1 is 1.38 bits per heavy atom. The fourth-order valence-electron chi connectivity index (χ4n) is 2.09. The molecule has 3 nitrogen and oxygen atoms in total. The summed E-state index contributed by atoms with van der Waals surface area (Å²) in [6.07, 6.45) is 3.69. The van der Waals surface area contributed by atoms with E-state index in [-0.39, 0.29) is 5.91 Å². The summed E-state index contributed by atoms with van der Waals surface area (Å²) in [6.45, 7) is 0. The minimum Gasteiger partial charge on any atom is -0.315 e. The van der Waals surface area contributed by atoms with Crippen LogP contribution in [0.2, 0.25) is 0 Å². The summed E-state index contributed by atoms with van der Waals surface area (Å²) in [4.78, 5) is 23.5. The Hall–Kier alpha value is -1.64. The van der Waals surface area contributed by atoms with Gasteiger partial charge < -0.3 is 9.69 Å². The molecule has 1 aromatic carbocycles. The van der Waals surface area contributed by atoms with Crippen LogP contribution in [0.1, 0.15) is 24.0 Å². The van der Waals surface area contributed by atoms with Gasteiger partial charge in [0.2, 0.25) is 5.91 Å². The van der Waals surface area contributed by atoms with Crippen LogP contribution in [-0.4, -0.2) is 19.2 Å². The van der Waals surface area contributed by atoms with Crippen LogP contribution in [0.4, 0.5) is 5.69 Å². The van der Waals surface area contributed by atoms with Gasteiger partial charge in [-0.3, -0.25) is 4.79 Å². The molecule has 16 heavy (non-hydrogen) atoms. The highest BCUT2D eigenvalue weighted by molar-refractivity contribution is 5.95. The van der Waals surface area contributed by atoms with Gasteiger partial charge in [0, 0.05) is 25.6 Å². The van der Waals surface area contributed by atoms with E-state index in [0.717, 1.165) is 24.8 Å². The molecule has 1 amide bonds. The minimum atomic E-state index is 0.174. The SMILES string of the molecule is CN1C(=O)CCc2cc(CCC=O)ccc21. The Labute approximate surface area is 95.1 Å². The van der Waals surface area contributed by atoms with E-state index in [0.29, 0.717) is 12.8 Å². The van der Waals surface area contributed by atoms with E-state index in [2.05, 4.69) is 6.07 Å². The van der Waals surface area contributed by atoms with Crippen molar-refractivity contribution in [3.8, 4) is 0 Å². The molecule has 0 atom stereocenters. The summed E-state index contributed by atoms with van der Waals surface area (Å²) in [7, 11) is 1.81. The topological polar surface area (TPSA) is 37.4 Å². The van der Waals surface area contributed by atoms with E-state index in [9.17, 15) is 9.59 Å². The van der Waals surface area contributed by atoms with Crippen LogP contribution in [0.25, 0.3) is 0 Å². The molecule has 0 bridgehead atoms. The number of carbonyl (C=O) groups excluding carboxylic acids is 2. The van der Waals surface area contributed by atoms with Crippen LogP contribution in [0.3, 0.4) is 0 Å². The molecule has 1 aliphatic rings. The Morgan fingerprint density at radius 3 is 2.94 bits per heavy atom. The maximum absolute atomic E-state index is 11.5. The number of fused-ring (bicyclic) bond motifs is 1. The number of aryl methyl sites for hydroxylation is 2. The molecule has 0 unspecified atom stereocenters. The molecular weight excluding hydrogens is 202 g/mol. The monoisotopic (exact) mass is 217 g/mol. The summed E-state index contributed by atoms with van der Waals surface area (Å²) in [5, 5.41) is 0. The first kappa shape index (κ1) is 10.9. The van der Waals surface area contributed by atoms with Gasteiger partial charge in [0.25, 0.3) is 0 Å². The fraction of sp³-hybridized carbons (Fsp3) is 0.385. The lowest BCUT2D eigenvalue weighted by atomic mass is 9.98. The molecule has 3 heteroatoms. The molecule has 0 saturated heterocycles. The number of aldehydes is 1. The highest BCUT2D eigenvalue weighted by atomic mass is 16.2. The summed E-state index contributed by atoms with van der Waals surface area (Å²) < 4.78 is 0. The lowest BCUT2D eigenvalue weighted by molar-refractivity contribution is -0.118. The third kappa shape index (κ3) is 1.98. The van der Waals surface area contributed by atoms with Gasteiger partial charge in [-0.1, -0.05) is 12.1 Å². The fourth-order valence-corrected chi connectivity index (χ4v) is 2.09. The first-order chi connectivity index (χ1) is 7.72. The number of nitrogens with zero attached hydrogens (tertiary/aromatic N) is 1. The van der Waals surface area contributed by atoms with Crippen LogP contribution in [0, 0.1) is 0 Å². The lowest BCUT2D eigenvalue weighted by Crippen LogP contribution is -2.31. The van der Waals surface area contributed by atoms with Gasteiger partial charge in [-0.2, -0.15) is 0 Å². The van der Waals surface area contributed by atoms with Gasteiger partial charge in [0.15, 0.2) is 0 Å². The van der Waals surface area contributed by atoms with E-state index in [4.69, 9.17) is 0 Å². The molecule has 2 rings (SSSR count). The largest absolute Gasteiger partial charge is 0.315 e. The number of carbonyl (C=O) groups is 2. The van der Waals surface area contributed by atoms with Crippen LogP contribution in [0.15, 0.2) is 18.2 Å². The van der Waals surface area contributed by atoms with E-state index in [1.807, 2.05) is 19.2 Å². The zero-order valence-corrected chi connectivity index (χ0v) is 9.40. The number of hydrogen-bond donors (Lipinski definition) is 0. The molecule has 1 aromatic rings. The average Bonchev–Trinajstić information content (AvgIpc) is 2.31. The molecule has 0 spiro atoms. The zero-order chi connectivity index (χ0) is 11.5. The Bertz CT molecular complexity index is 426. The van der Waals surface area contributed by atoms with E-state index >= 15 is 0 Å². The van der Waals surface area contributed by atoms with Crippen molar-refractivity contribution < 1.29 is 9.59 Å². The Morgan fingerprint density at radius 2 is 2.19 bits per heavy atom. The lowest BCUT2D eigenvalue weighted by Gasteiger charge is -2.26. The van der Waals surface area contributed by atoms with Gasteiger partial charge in [0.1, 0.15) is 6.29 Å². The van der Waals surface area contributed by atoms with Crippen LogP contribution < -0.4 is 4.90 Å². The standard InChI is InChI=1S/C13H15NO2/c1-14-12-6-4-10(3-2-8-15)9-11(12)5-7-13(14)16/h4,6,8-9H,2-3,5,7H2,1H3. The van der Waals surface area contributed by atoms with Gasteiger partial charge in [-0.05, 0) is 30.0 Å². The van der Waals surface area contributed by atoms with E-state index in [1.165, 1.54) is 11.1 Å². The summed E-state index contributed by atoms with van der Waals surface area (Å²) in [5.41, 5.74) is 3.39. The van der Waals surface area contributed by atoms with Crippen LogP contribution >= 0.6 is 0 Å². The van der Waals surface area contributed by atoms with Crippen molar-refractivity contribution in [1.82, 2.24) is 0 Å². The summed E-state index contributed by atoms with van der Waals surface area (Å²) in [5.74, 6) is 0.174. The number of benzene rings is 1. The first-order valence-electron chi connectivity index (χ1n) is 5.54. The van der Waals surface area contributed by atoms with Crippen molar-refractivity contribution in [3.63, 3.8) is 0 Å². The molecule has 0 fully saturated rings. The van der Waals surface area contributed by atoms with Crippen LogP contribution in [0.5, 0.6) is 0 Å². The van der Waals surface area contributed by atoms with Crippen molar-refractivity contribution in [1.29, 1.82) is 0 Å². The second kappa shape index (κ2) is 4.47. The normalized spacial score (nSPS) is 14.8. The first-order valence-corrected chi connectivity index (χ1v) is 5.54. The van der Waals surface area contributed by atoms with Crippen molar-refractivity contribution in [2.45, 2.75) is 25.7 Å². The van der Waals surface area contributed by atoms with Gasteiger partial charge in [-0.15, -0.1) is 0 Å². The van der Waals surface area contributed by atoms with Gasteiger partial charge in [0.05, 0.1) is 0 Å². The molecule has 1 aliphatic heterocycles. The molecule has 1 heterocycles. The second-order valence-electron chi connectivity index (χ2n) is 4.12. The molecular formula is C13H15NO2. The number of anilines is 1. The van der Waals surface area contributed by atoms with Crippen molar-refractivity contribution in [2.24, 2.45) is 0 Å². The Kier molecular flexibility index (Phi) is 3.04. The number of amides is 1. The molecule has 0 aliphatic carbocycles. The zero-order valence-electron chi connectivity index (χ0n) is 9.40. The second-order valence-corrected chi connectivity index (χ2v) is 4.12. The van der Waals surface area contributed by atoms with Gasteiger partial charge >= 0.3 is 0 Å². The van der Waals surface area contributed by atoms with E-state index < -0.39 is 0 Å². The highest BCUT2D eigenvalue weighted by Crippen LogP contribution is 2.27. The van der Waals surface area contributed by atoms with Crippen molar-refractivity contribution in [2.75, 3.05) is 11.9 Å². The van der Waals surface area contributed by atoms with Gasteiger partial charge in [-0.25, -0.2) is 0 Å². The third-order valence-electron chi connectivity index (χ3n) is 3.04. The third-order valence-corrected chi connectivity index (χ3v) is 3.04. The maximum atomic E-state index is 11.5. The predicted octanol–water partition coefficient (Wildman–Crippen LogP) is 1.73. The molecule has 0 radical (unpaired) electrons. The molecule has 84 valence electrons. The molecule has 0 saturated carbocycles. The summed E-state index contributed by atoms with van der Waals surface area (Å²) in [6, 6.07) is 6.09. The highest BCUT2D eigenvalue weighted by Gasteiger charge is 2.20. The predicted molar refractivity (Wildman–Crippen MR) is 62.6 cm³/mol. The molecule has 0 aromatic heterocycles. The minimum absolute atomic E-state index is 0.174. The average molecular weight is 217 g/mol.